The molecular formula is C15H19ClN2O2S. The molecule has 1 atom stereocenters. The van der Waals surface area contributed by atoms with Crippen LogP contribution in [0.1, 0.15) is 33.2 Å². The number of carbonyl (C=O) groups is 1. The van der Waals surface area contributed by atoms with Crippen LogP contribution in [-0.2, 0) is 4.79 Å². The Bertz CT molecular complexity index is 654. The molecule has 1 aromatic heterocycles. The maximum Gasteiger partial charge on any atom is 0.313 e. The first-order valence-electron chi connectivity index (χ1n) is 6.90. The lowest BCUT2D eigenvalue weighted by Gasteiger charge is -2.19. The van der Waals surface area contributed by atoms with Crippen LogP contribution in [0.4, 0.5) is 0 Å². The maximum atomic E-state index is 10.8. The standard InChI is InChI=1S/C15H19ClN2O2S/c1-9(2)6-10(3)18-13-7-11(16)4-5-12(13)17-15(18)21-8-14(19)20/h4-5,7,9-10H,6,8H2,1-3H3,(H,19,20). The summed E-state index contributed by atoms with van der Waals surface area (Å²) in [4.78, 5) is 15.4. The molecule has 0 fully saturated rings. The van der Waals surface area contributed by atoms with Crippen molar-refractivity contribution < 1.29 is 9.90 Å². The van der Waals surface area contributed by atoms with E-state index in [0.29, 0.717) is 10.9 Å². The Kier molecular flexibility index (Phi) is 5.17. The monoisotopic (exact) mass is 326 g/mol. The minimum absolute atomic E-state index is 0.00541. The molecule has 0 aliphatic heterocycles. The van der Waals surface area contributed by atoms with Crippen molar-refractivity contribution in [3.8, 4) is 0 Å². The fourth-order valence-electron chi connectivity index (χ4n) is 2.49. The van der Waals surface area contributed by atoms with Gasteiger partial charge >= 0.3 is 5.97 Å². The molecule has 0 radical (unpaired) electrons. The normalized spacial score (nSPS) is 13.0. The molecule has 0 spiro atoms. The first kappa shape index (κ1) is 16.2. The van der Waals surface area contributed by atoms with E-state index in [1.807, 2.05) is 12.1 Å². The lowest BCUT2D eigenvalue weighted by Crippen LogP contribution is -2.10. The smallest absolute Gasteiger partial charge is 0.313 e. The highest BCUT2D eigenvalue weighted by Crippen LogP contribution is 2.31. The first-order chi connectivity index (χ1) is 9.88. The van der Waals surface area contributed by atoms with E-state index in [0.717, 1.165) is 22.6 Å². The quantitative estimate of drug-likeness (QED) is 0.795. The van der Waals surface area contributed by atoms with Crippen LogP contribution >= 0.6 is 23.4 Å². The van der Waals surface area contributed by atoms with Gasteiger partial charge in [0.2, 0.25) is 0 Å². The zero-order chi connectivity index (χ0) is 15.6. The van der Waals surface area contributed by atoms with Gasteiger partial charge in [-0.3, -0.25) is 4.79 Å². The summed E-state index contributed by atoms with van der Waals surface area (Å²) in [6.45, 7) is 6.48. The predicted octanol–water partition coefficient (Wildman–Crippen LogP) is 4.47. The molecule has 114 valence electrons. The highest BCUT2D eigenvalue weighted by molar-refractivity contribution is 7.99. The van der Waals surface area contributed by atoms with Crippen molar-refractivity contribution in [2.45, 2.75) is 38.4 Å². The Hall–Kier alpha value is -1.20. The summed E-state index contributed by atoms with van der Waals surface area (Å²) in [5.74, 6) is -0.284. The van der Waals surface area contributed by atoms with Gasteiger partial charge in [0.15, 0.2) is 5.16 Å². The SMILES string of the molecule is CC(C)CC(C)n1c(SCC(=O)O)nc2ccc(Cl)cc21. The summed E-state index contributed by atoms with van der Waals surface area (Å²) in [6.07, 6.45) is 0.999. The van der Waals surface area contributed by atoms with Gasteiger partial charge in [-0.1, -0.05) is 37.2 Å². The van der Waals surface area contributed by atoms with E-state index in [1.54, 1.807) is 6.07 Å². The van der Waals surface area contributed by atoms with Gasteiger partial charge in [-0.2, -0.15) is 0 Å². The number of thioether (sulfide) groups is 1. The van der Waals surface area contributed by atoms with Gasteiger partial charge < -0.3 is 9.67 Å². The fourth-order valence-corrected chi connectivity index (χ4v) is 3.48. The summed E-state index contributed by atoms with van der Waals surface area (Å²) in [5.41, 5.74) is 1.81. The predicted molar refractivity (Wildman–Crippen MR) is 87.3 cm³/mol. The Balaban J connectivity index is 2.47. The maximum absolute atomic E-state index is 10.8. The Morgan fingerprint density at radius 3 is 2.76 bits per heavy atom. The number of aliphatic carboxylic acids is 1. The van der Waals surface area contributed by atoms with Gasteiger partial charge in [0.1, 0.15) is 0 Å². The number of carboxylic acid groups (broad SMARTS) is 1. The average Bonchev–Trinajstić information content (AvgIpc) is 2.73. The second kappa shape index (κ2) is 6.71. The van der Waals surface area contributed by atoms with Crippen molar-refractivity contribution in [3.05, 3.63) is 23.2 Å². The van der Waals surface area contributed by atoms with Crippen molar-refractivity contribution in [1.29, 1.82) is 0 Å². The summed E-state index contributed by atoms with van der Waals surface area (Å²) < 4.78 is 2.11. The van der Waals surface area contributed by atoms with Crippen molar-refractivity contribution >= 4 is 40.4 Å². The first-order valence-corrected chi connectivity index (χ1v) is 8.27. The minimum Gasteiger partial charge on any atom is -0.481 e. The third-order valence-electron chi connectivity index (χ3n) is 3.20. The van der Waals surface area contributed by atoms with Crippen LogP contribution in [0.2, 0.25) is 5.02 Å². The number of benzene rings is 1. The number of halogens is 1. The van der Waals surface area contributed by atoms with E-state index >= 15 is 0 Å². The molecule has 0 saturated heterocycles. The van der Waals surface area contributed by atoms with Crippen molar-refractivity contribution in [1.82, 2.24) is 9.55 Å². The lowest BCUT2D eigenvalue weighted by atomic mass is 10.1. The molecule has 2 rings (SSSR count). The number of carboxylic acids is 1. The molecule has 0 bridgehead atoms. The number of nitrogens with zero attached hydrogens (tertiary/aromatic N) is 2. The van der Waals surface area contributed by atoms with E-state index in [2.05, 4.69) is 30.3 Å². The topological polar surface area (TPSA) is 55.1 Å². The summed E-state index contributed by atoms with van der Waals surface area (Å²) in [5, 5.41) is 10.3. The van der Waals surface area contributed by atoms with E-state index in [9.17, 15) is 4.79 Å². The molecule has 6 heteroatoms. The van der Waals surface area contributed by atoms with E-state index in [1.165, 1.54) is 11.8 Å². The van der Waals surface area contributed by atoms with Gasteiger partial charge in [0.05, 0.1) is 16.8 Å². The van der Waals surface area contributed by atoms with Crippen LogP contribution in [-0.4, -0.2) is 26.4 Å². The number of rotatable bonds is 6. The van der Waals surface area contributed by atoms with Gasteiger partial charge in [-0.25, -0.2) is 4.98 Å². The number of fused-ring (bicyclic) bond motifs is 1. The lowest BCUT2D eigenvalue weighted by molar-refractivity contribution is -0.133. The molecular weight excluding hydrogens is 308 g/mol. The number of hydrogen-bond donors (Lipinski definition) is 1. The van der Waals surface area contributed by atoms with Crippen LogP contribution in [0.15, 0.2) is 23.4 Å². The summed E-state index contributed by atoms with van der Waals surface area (Å²) in [7, 11) is 0. The minimum atomic E-state index is -0.840. The van der Waals surface area contributed by atoms with Gasteiger partial charge in [-0.05, 0) is 37.5 Å². The molecule has 4 nitrogen and oxygen atoms in total. The van der Waals surface area contributed by atoms with Crippen LogP contribution in [0.3, 0.4) is 0 Å². The zero-order valence-electron chi connectivity index (χ0n) is 12.3. The third-order valence-corrected chi connectivity index (χ3v) is 4.37. The molecule has 0 aliphatic carbocycles. The average molecular weight is 327 g/mol. The largest absolute Gasteiger partial charge is 0.481 e. The second-order valence-corrected chi connectivity index (χ2v) is 6.94. The Morgan fingerprint density at radius 2 is 2.14 bits per heavy atom. The van der Waals surface area contributed by atoms with Crippen LogP contribution in [0.25, 0.3) is 11.0 Å². The zero-order valence-corrected chi connectivity index (χ0v) is 13.9. The van der Waals surface area contributed by atoms with Gasteiger partial charge in [-0.15, -0.1) is 0 Å². The van der Waals surface area contributed by atoms with Crippen molar-refractivity contribution in [2.75, 3.05) is 5.75 Å². The van der Waals surface area contributed by atoms with E-state index in [-0.39, 0.29) is 11.8 Å². The molecule has 2 aromatic rings. The number of aromatic nitrogens is 2. The summed E-state index contributed by atoms with van der Waals surface area (Å²) >= 11 is 7.35. The second-order valence-electron chi connectivity index (χ2n) is 5.56. The van der Waals surface area contributed by atoms with E-state index in [4.69, 9.17) is 16.7 Å². The molecule has 1 aromatic carbocycles. The number of imidazole rings is 1. The van der Waals surface area contributed by atoms with Gasteiger partial charge in [0, 0.05) is 11.1 Å². The molecule has 0 amide bonds. The third kappa shape index (κ3) is 3.92. The summed E-state index contributed by atoms with van der Waals surface area (Å²) in [6, 6.07) is 5.82. The molecule has 1 unspecified atom stereocenters. The Labute approximate surface area is 133 Å². The van der Waals surface area contributed by atoms with E-state index < -0.39 is 5.97 Å². The molecule has 0 aliphatic rings. The number of hydrogen-bond acceptors (Lipinski definition) is 3. The van der Waals surface area contributed by atoms with Crippen molar-refractivity contribution in [2.24, 2.45) is 5.92 Å². The van der Waals surface area contributed by atoms with Crippen molar-refractivity contribution in [3.63, 3.8) is 0 Å². The highest BCUT2D eigenvalue weighted by atomic mass is 35.5. The van der Waals surface area contributed by atoms with Crippen LogP contribution < -0.4 is 0 Å². The van der Waals surface area contributed by atoms with Crippen LogP contribution in [0, 0.1) is 5.92 Å². The van der Waals surface area contributed by atoms with Crippen LogP contribution in [0.5, 0.6) is 0 Å². The Morgan fingerprint density at radius 1 is 1.43 bits per heavy atom. The van der Waals surface area contributed by atoms with Gasteiger partial charge in [0.25, 0.3) is 0 Å². The highest BCUT2D eigenvalue weighted by Gasteiger charge is 2.18. The molecule has 21 heavy (non-hydrogen) atoms. The molecule has 1 N–H and O–H groups in total. The molecule has 1 heterocycles. The fraction of sp³-hybridized carbons (Fsp3) is 0.467. The molecule has 0 saturated carbocycles.